The molecule has 10 nitrogen and oxygen atoms in total. The molecule has 1 atom stereocenters. The lowest BCUT2D eigenvalue weighted by Crippen LogP contribution is -2.44. The van der Waals surface area contributed by atoms with Gasteiger partial charge in [0.2, 0.25) is 5.95 Å². The van der Waals surface area contributed by atoms with Crippen LogP contribution < -0.4 is 15.8 Å². The van der Waals surface area contributed by atoms with Gasteiger partial charge in [0.1, 0.15) is 11.8 Å². The summed E-state index contributed by atoms with van der Waals surface area (Å²) in [7, 11) is 1.75. The van der Waals surface area contributed by atoms with Crippen molar-refractivity contribution in [1.82, 2.24) is 29.1 Å². The molecule has 4 aromatic heterocycles. The zero-order valence-corrected chi connectivity index (χ0v) is 18.0. The van der Waals surface area contributed by atoms with Crippen LogP contribution in [0, 0.1) is 12.8 Å². The average molecular weight is 432 g/mol. The molecule has 164 valence electrons. The molecule has 0 spiro atoms. The lowest BCUT2D eigenvalue weighted by atomic mass is 10.1. The molecular formula is C22H24N8O2. The first-order chi connectivity index (χ1) is 15.6. The van der Waals surface area contributed by atoms with Gasteiger partial charge in [-0.05, 0) is 37.3 Å². The summed E-state index contributed by atoms with van der Waals surface area (Å²) in [5.74, 6) is 1.10. The van der Waals surface area contributed by atoms with Crippen LogP contribution in [0.15, 0.2) is 35.6 Å². The quantitative estimate of drug-likeness (QED) is 0.523. The molecule has 1 aliphatic heterocycles. The maximum absolute atomic E-state index is 12.7. The van der Waals surface area contributed by atoms with Gasteiger partial charge in [-0.2, -0.15) is 5.10 Å². The van der Waals surface area contributed by atoms with E-state index in [0.29, 0.717) is 24.0 Å². The predicted molar refractivity (Wildman–Crippen MR) is 120 cm³/mol. The Morgan fingerprint density at radius 1 is 1.22 bits per heavy atom. The summed E-state index contributed by atoms with van der Waals surface area (Å²) in [6.45, 7) is 4.17. The second-order valence-electron chi connectivity index (χ2n) is 8.60. The number of nitrogens with one attached hydrogen (secondary N) is 1. The van der Waals surface area contributed by atoms with Crippen molar-refractivity contribution in [2.24, 2.45) is 13.0 Å². The molecule has 2 fully saturated rings. The molecule has 6 rings (SSSR count). The highest BCUT2D eigenvalue weighted by molar-refractivity contribution is 5.89. The summed E-state index contributed by atoms with van der Waals surface area (Å²) < 4.78 is 9.28. The highest BCUT2D eigenvalue weighted by atomic mass is 16.5. The van der Waals surface area contributed by atoms with Crippen LogP contribution in [-0.2, 0) is 11.8 Å². The fraction of sp³-hybridized carbons (Fsp3) is 0.409. The van der Waals surface area contributed by atoms with E-state index in [1.807, 2.05) is 19.2 Å². The summed E-state index contributed by atoms with van der Waals surface area (Å²) >= 11 is 0. The number of morpholine rings is 1. The van der Waals surface area contributed by atoms with Crippen LogP contribution in [0.4, 0.5) is 17.3 Å². The number of pyridine rings is 2. The number of aryl methyl sites for hydroxylation is 2. The molecule has 0 radical (unpaired) electrons. The molecule has 1 saturated heterocycles. The summed E-state index contributed by atoms with van der Waals surface area (Å²) in [6, 6.07) is 3.64. The number of aromatic nitrogens is 6. The molecule has 0 aromatic carbocycles. The average Bonchev–Trinajstić information content (AvgIpc) is 3.56. The zero-order valence-electron chi connectivity index (χ0n) is 18.0. The first kappa shape index (κ1) is 19.2. The molecular weight excluding hydrogens is 408 g/mol. The fourth-order valence-corrected chi connectivity index (χ4v) is 4.37. The van der Waals surface area contributed by atoms with Crippen LogP contribution in [-0.4, -0.2) is 54.9 Å². The van der Waals surface area contributed by atoms with E-state index >= 15 is 0 Å². The van der Waals surface area contributed by atoms with Crippen LogP contribution in [0.2, 0.25) is 0 Å². The number of hydrogen-bond donors (Lipinski definition) is 1. The van der Waals surface area contributed by atoms with Crippen molar-refractivity contribution in [1.29, 1.82) is 0 Å². The van der Waals surface area contributed by atoms with E-state index in [1.54, 1.807) is 28.4 Å². The number of ether oxygens (including phenoxy) is 1. The second-order valence-corrected chi connectivity index (χ2v) is 8.60. The van der Waals surface area contributed by atoms with Crippen molar-refractivity contribution in [2.75, 3.05) is 29.9 Å². The largest absolute Gasteiger partial charge is 0.374 e. The standard InChI is InChI=1S/C22H24N8O2/c1-13-7-19-24-12-25-30(19)10-15(13)26-22-23-9-17-21(27-22)16(8-20(31)28(17)2)29-5-6-32-18(11-29)14-3-4-14/h7-10,12,14,18H,3-6,11H2,1-2H3,(H,23,26,27). The third kappa shape index (κ3) is 3.27. The van der Waals surface area contributed by atoms with Gasteiger partial charge in [0.05, 0.1) is 42.0 Å². The van der Waals surface area contributed by atoms with E-state index in [4.69, 9.17) is 9.72 Å². The summed E-state index contributed by atoms with van der Waals surface area (Å²) in [4.78, 5) is 28.4. The number of hydrogen-bond acceptors (Lipinski definition) is 8. The van der Waals surface area contributed by atoms with E-state index in [2.05, 4.69) is 25.3 Å². The smallest absolute Gasteiger partial charge is 0.252 e. The van der Waals surface area contributed by atoms with Gasteiger partial charge < -0.3 is 19.5 Å². The lowest BCUT2D eigenvalue weighted by molar-refractivity contribution is 0.0264. The van der Waals surface area contributed by atoms with Gasteiger partial charge in [-0.15, -0.1) is 0 Å². The highest BCUT2D eigenvalue weighted by Gasteiger charge is 2.36. The minimum Gasteiger partial charge on any atom is -0.374 e. The predicted octanol–water partition coefficient (Wildman–Crippen LogP) is 2.04. The Kier molecular flexibility index (Phi) is 4.35. The molecule has 0 bridgehead atoms. The Morgan fingerprint density at radius 3 is 2.94 bits per heavy atom. The summed E-state index contributed by atoms with van der Waals surface area (Å²) in [6.07, 6.45) is 7.77. The minimum atomic E-state index is -0.0706. The fourth-order valence-electron chi connectivity index (χ4n) is 4.37. The molecule has 1 N–H and O–H groups in total. The molecule has 1 unspecified atom stereocenters. The van der Waals surface area contributed by atoms with Crippen LogP contribution >= 0.6 is 0 Å². The Hall–Kier alpha value is -3.53. The van der Waals surface area contributed by atoms with Crippen LogP contribution in [0.5, 0.6) is 0 Å². The van der Waals surface area contributed by atoms with Crippen molar-refractivity contribution in [3.05, 3.63) is 46.8 Å². The Morgan fingerprint density at radius 2 is 2.09 bits per heavy atom. The van der Waals surface area contributed by atoms with E-state index < -0.39 is 0 Å². The third-order valence-electron chi connectivity index (χ3n) is 6.42. The Balaban J connectivity index is 1.41. The SMILES string of the molecule is Cc1cc2ncnn2cc1Nc1ncc2c(n1)c(N1CCOC(C3CC3)C1)cc(=O)n2C. The molecule has 0 amide bonds. The molecule has 10 heteroatoms. The maximum Gasteiger partial charge on any atom is 0.252 e. The van der Waals surface area contributed by atoms with Crippen molar-refractivity contribution in [2.45, 2.75) is 25.9 Å². The van der Waals surface area contributed by atoms with E-state index in [-0.39, 0.29) is 11.7 Å². The molecule has 4 aromatic rings. The van der Waals surface area contributed by atoms with Crippen molar-refractivity contribution < 1.29 is 4.74 Å². The normalized spacial score (nSPS) is 19.1. The Labute approximate surface area is 183 Å². The van der Waals surface area contributed by atoms with Gasteiger partial charge in [0.15, 0.2) is 5.65 Å². The van der Waals surface area contributed by atoms with Crippen LogP contribution in [0.1, 0.15) is 18.4 Å². The first-order valence-electron chi connectivity index (χ1n) is 10.9. The van der Waals surface area contributed by atoms with Gasteiger partial charge >= 0.3 is 0 Å². The van der Waals surface area contributed by atoms with Gasteiger partial charge in [0, 0.05) is 26.2 Å². The van der Waals surface area contributed by atoms with E-state index in [1.165, 1.54) is 19.2 Å². The van der Waals surface area contributed by atoms with E-state index in [0.717, 1.165) is 41.2 Å². The minimum absolute atomic E-state index is 0.0706. The van der Waals surface area contributed by atoms with Crippen LogP contribution in [0.25, 0.3) is 16.7 Å². The topological polar surface area (TPSA) is 102 Å². The Bertz CT molecular complexity index is 1390. The molecule has 32 heavy (non-hydrogen) atoms. The monoisotopic (exact) mass is 432 g/mol. The number of anilines is 3. The number of nitrogens with zero attached hydrogens (tertiary/aromatic N) is 7. The molecule has 1 saturated carbocycles. The number of rotatable bonds is 4. The van der Waals surface area contributed by atoms with Gasteiger partial charge in [-0.25, -0.2) is 19.5 Å². The second kappa shape index (κ2) is 7.27. The van der Waals surface area contributed by atoms with Crippen molar-refractivity contribution >= 4 is 34.0 Å². The van der Waals surface area contributed by atoms with Crippen LogP contribution in [0.3, 0.4) is 0 Å². The van der Waals surface area contributed by atoms with Crippen molar-refractivity contribution in [3.8, 4) is 0 Å². The van der Waals surface area contributed by atoms with E-state index in [9.17, 15) is 4.79 Å². The van der Waals surface area contributed by atoms with Gasteiger partial charge in [0.25, 0.3) is 5.56 Å². The molecule has 1 aliphatic carbocycles. The summed E-state index contributed by atoms with van der Waals surface area (Å²) in [5.41, 5.74) is 4.85. The van der Waals surface area contributed by atoms with Gasteiger partial charge in [-0.1, -0.05) is 0 Å². The first-order valence-corrected chi connectivity index (χ1v) is 10.9. The molecule has 5 heterocycles. The molecule has 2 aliphatic rings. The third-order valence-corrected chi connectivity index (χ3v) is 6.42. The number of fused-ring (bicyclic) bond motifs is 2. The maximum atomic E-state index is 12.7. The van der Waals surface area contributed by atoms with Crippen molar-refractivity contribution in [3.63, 3.8) is 0 Å². The van der Waals surface area contributed by atoms with Gasteiger partial charge in [-0.3, -0.25) is 4.79 Å². The zero-order chi connectivity index (χ0) is 21.8. The highest BCUT2D eigenvalue weighted by Crippen LogP contribution is 2.37. The lowest BCUT2D eigenvalue weighted by Gasteiger charge is -2.35. The summed E-state index contributed by atoms with van der Waals surface area (Å²) in [5, 5.41) is 7.51.